The van der Waals surface area contributed by atoms with Gasteiger partial charge in [0.15, 0.2) is 11.5 Å². The first-order chi connectivity index (χ1) is 9.65. The van der Waals surface area contributed by atoms with Gasteiger partial charge >= 0.3 is 0 Å². The normalized spacial score (nSPS) is 19.1. The highest BCUT2D eigenvalue weighted by atomic mass is 16.5. The van der Waals surface area contributed by atoms with E-state index in [2.05, 4.69) is 31.3 Å². The fraction of sp³-hybridized carbons (Fsp3) is 0.647. The average Bonchev–Trinajstić information content (AvgIpc) is 2.47. The number of rotatable bonds is 5. The highest BCUT2D eigenvalue weighted by Gasteiger charge is 2.19. The van der Waals surface area contributed by atoms with E-state index >= 15 is 0 Å². The third-order valence-electron chi connectivity index (χ3n) is 4.15. The number of methoxy groups -OCH3 is 2. The number of hydrogen-bond donors (Lipinski definition) is 1. The molecule has 0 amide bonds. The van der Waals surface area contributed by atoms with Crippen molar-refractivity contribution < 1.29 is 9.47 Å². The average molecular weight is 277 g/mol. The summed E-state index contributed by atoms with van der Waals surface area (Å²) in [4.78, 5) is 0. The van der Waals surface area contributed by atoms with Crippen molar-refractivity contribution in [2.75, 3.05) is 27.3 Å². The molecule has 1 atom stereocenters. The number of piperidine rings is 1. The molecule has 2 rings (SSSR count). The predicted molar refractivity (Wildman–Crippen MR) is 82.9 cm³/mol. The summed E-state index contributed by atoms with van der Waals surface area (Å²) in [6.45, 7) is 6.70. The second kappa shape index (κ2) is 6.98. The molecule has 0 aliphatic carbocycles. The molecule has 1 heterocycles. The number of nitrogens with one attached hydrogen (secondary N) is 1. The summed E-state index contributed by atoms with van der Waals surface area (Å²) in [5, 5.41) is 3.49. The molecule has 0 spiro atoms. The van der Waals surface area contributed by atoms with Crippen molar-refractivity contribution in [3.63, 3.8) is 0 Å². The standard InChI is InChI=1S/C17H27NO2/c1-12(2)14-9-15(8-13-6-5-7-18-11-13)17(20-4)16(10-14)19-3/h9-10,12-13,18H,5-8,11H2,1-4H3. The molecular formula is C17H27NO2. The minimum Gasteiger partial charge on any atom is -0.493 e. The van der Waals surface area contributed by atoms with Crippen LogP contribution < -0.4 is 14.8 Å². The second-order valence-corrected chi connectivity index (χ2v) is 5.99. The van der Waals surface area contributed by atoms with Gasteiger partial charge in [0.2, 0.25) is 0 Å². The van der Waals surface area contributed by atoms with Crippen LogP contribution in [0.1, 0.15) is 43.7 Å². The van der Waals surface area contributed by atoms with E-state index in [1.54, 1.807) is 14.2 Å². The number of hydrogen-bond acceptors (Lipinski definition) is 3. The quantitative estimate of drug-likeness (QED) is 0.895. The van der Waals surface area contributed by atoms with E-state index in [0.29, 0.717) is 11.8 Å². The van der Waals surface area contributed by atoms with Crippen molar-refractivity contribution in [1.82, 2.24) is 5.32 Å². The largest absolute Gasteiger partial charge is 0.493 e. The van der Waals surface area contributed by atoms with Gasteiger partial charge in [-0.1, -0.05) is 19.9 Å². The Bertz CT molecular complexity index is 437. The van der Waals surface area contributed by atoms with E-state index in [-0.39, 0.29) is 0 Å². The van der Waals surface area contributed by atoms with Crippen LogP contribution in [0.5, 0.6) is 11.5 Å². The van der Waals surface area contributed by atoms with E-state index in [1.165, 1.54) is 24.0 Å². The van der Waals surface area contributed by atoms with Crippen LogP contribution >= 0.6 is 0 Å². The van der Waals surface area contributed by atoms with Crippen LogP contribution in [-0.4, -0.2) is 27.3 Å². The van der Waals surface area contributed by atoms with Gasteiger partial charge in [-0.05, 0) is 61.4 Å². The summed E-state index contributed by atoms with van der Waals surface area (Å²) in [7, 11) is 3.45. The fourth-order valence-electron chi connectivity index (χ4n) is 2.96. The molecule has 1 aromatic carbocycles. The molecule has 3 heteroatoms. The van der Waals surface area contributed by atoms with Gasteiger partial charge in [-0.3, -0.25) is 0 Å². The number of ether oxygens (including phenoxy) is 2. The molecule has 1 aliphatic rings. The number of benzene rings is 1. The molecule has 0 aromatic heterocycles. The highest BCUT2D eigenvalue weighted by Crippen LogP contribution is 2.36. The Labute approximate surface area is 122 Å². The summed E-state index contributed by atoms with van der Waals surface area (Å²) in [5.41, 5.74) is 2.60. The van der Waals surface area contributed by atoms with Gasteiger partial charge in [-0.25, -0.2) is 0 Å². The Kier molecular flexibility index (Phi) is 5.30. The molecule has 1 fully saturated rings. The fourth-order valence-corrected chi connectivity index (χ4v) is 2.96. The van der Waals surface area contributed by atoms with Crippen LogP contribution in [0.4, 0.5) is 0 Å². The van der Waals surface area contributed by atoms with Crippen LogP contribution in [-0.2, 0) is 6.42 Å². The Morgan fingerprint density at radius 3 is 2.60 bits per heavy atom. The molecule has 0 bridgehead atoms. The molecule has 3 nitrogen and oxygen atoms in total. The first kappa shape index (κ1) is 15.2. The zero-order valence-electron chi connectivity index (χ0n) is 13.2. The molecule has 1 aromatic rings. The topological polar surface area (TPSA) is 30.5 Å². The summed E-state index contributed by atoms with van der Waals surface area (Å²) in [6.07, 6.45) is 3.63. The third kappa shape index (κ3) is 3.45. The predicted octanol–water partition coefficient (Wildman–Crippen LogP) is 3.37. The first-order valence-electron chi connectivity index (χ1n) is 7.61. The lowest BCUT2D eigenvalue weighted by Crippen LogP contribution is -2.31. The van der Waals surface area contributed by atoms with Gasteiger partial charge in [0, 0.05) is 0 Å². The molecule has 1 N–H and O–H groups in total. The van der Waals surface area contributed by atoms with Gasteiger partial charge in [-0.15, -0.1) is 0 Å². The molecule has 1 unspecified atom stereocenters. The smallest absolute Gasteiger partial charge is 0.163 e. The van der Waals surface area contributed by atoms with E-state index in [4.69, 9.17) is 9.47 Å². The minimum absolute atomic E-state index is 0.498. The van der Waals surface area contributed by atoms with Crippen LogP contribution in [0, 0.1) is 5.92 Å². The molecular weight excluding hydrogens is 250 g/mol. The van der Waals surface area contributed by atoms with Gasteiger partial charge in [0.1, 0.15) is 0 Å². The maximum atomic E-state index is 5.60. The van der Waals surface area contributed by atoms with E-state index in [0.717, 1.165) is 31.0 Å². The monoisotopic (exact) mass is 277 g/mol. The lowest BCUT2D eigenvalue weighted by Gasteiger charge is -2.24. The first-order valence-corrected chi connectivity index (χ1v) is 7.61. The summed E-state index contributed by atoms with van der Waals surface area (Å²) in [5.74, 6) is 2.96. The zero-order valence-corrected chi connectivity index (χ0v) is 13.2. The molecule has 0 saturated carbocycles. The maximum Gasteiger partial charge on any atom is 0.163 e. The van der Waals surface area contributed by atoms with Crippen LogP contribution in [0.15, 0.2) is 12.1 Å². The maximum absolute atomic E-state index is 5.60. The van der Waals surface area contributed by atoms with Gasteiger partial charge in [-0.2, -0.15) is 0 Å². The van der Waals surface area contributed by atoms with E-state index < -0.39 is 0 Å². The molecule has 112 valence electrons. The van der Waals surface area contributed by atoms with Gasteiger partial charge in [0.25, 0.3) is 0 Å². The van der Waals surface area contributed by atoms with Crippen molar-refractivity contribution >= 4 is 0 Å². The van der Waals surface area contributed by atoms with Crippen molar-refractivity contribution in [3.05, 3.63) is 23.3 Å². The van der Waals surface area contributed by atoms with Crippen LogP contribution in [0.3, 0.4) is 0 Å². The van der Waals surface area contributed by atoms with Gasteiger partial charge < -0.3 is 14.8 Å². The van der Waals surface area contributed by atoms with E-state index in [9.17, 15) is 0 Å². The summed E-state index contributed by atoms with van der Waals surface area (Å²) < 4.78 is 11.1. The Morgan fingerprint density at radius 1 is 1.25 bits per heavy atom. The van der Waals surface area contributed by atoms with Crippen molar-refractivity contribution in [3.8, 4) is 11.5 Å². The zero-order chi connectivity index (χ0) is 14.5. The lowest BCUT2D eigenvalue weighted by atomic mass is 9.89. The van der Waals surface area contributed by atoms with Crippen molar-refractivity contribution in [1.29, 1.82) is 0 Å². The second-order valence-electron chi connectivity index (χ2n) is 5.99. The third-order valence-corrected chi connectivity index (χ3v) is 4.15. The summed E-state index contributed by atoms with van der Waals surface area (Å²) >= 11 is 0. The molecule has 0 radical (unpaired) electrons. The van der Waals surface area contributed by atoms with Crippen molar-refractivity contribution in [2.45, 2.75) is 39.0 Å². The minimum atomic E-state index is 0.498. The van der Waals surface area contributed by atoms with E-state index in [1.807, 2.05) is 0 Å². The Hall–Kier alpha value is -1.22. The SMILES string of the molecule is COc1cc(C(C)C)cc(CC2CCCNC2)c1OC. The Morgan fingerprint density at radius 2 is 2.05 bits per heavy atom. The highest BCUT2D eigenvalue weighted by molar-refractivity contribution is 5.50. The Balaban J connectivity index is 2.29. The lowest BCUT2D eigenvalue weighted by molar-refractivity contribution is 0.339. The molecule has 20 heavy (non-hydrogen) atoms. The van der Waals surface area contributed by atoms with Crippen LogP contribution in [0.25, 0.3) is 0 Å². The molecule has 1 aliphatic heterocycles. The molecule has 1 saturated heterocycles. The van der Waals surface area contributed by atoms with Gasteiger partial charge in [0.05, 0.1) is 14.2 Å². The van der Waals surface area contributed by atoms with Crippen molar-refractivity contribution in [2.24, 2.45) is 5.92 Å². The van der Waals surface area contributed by atoms with Crippen LogP contribution in [0.2, 0.25) is 0 Å². The summed E-state index contributed by atoms with van der Waals surface area (Å²) in [6, 6.07) is 4.40.